The zero-order valence-electron chi connectivity index (χ0n) is 13.8. The number of hydrogen-bond acceptors (Lipinski definition) is 2. The summed E-state index contributed by atoms with van der Waals surface area (Å²) >= 11 is 0. The summed E-state index contributed by atoms with van der Waals surface area (Å²) in [6, 6.07) is 17.7. The highest BCUT2D eigenvalue weighted by Crippen LogP contribution is 2.37. The molecule has 3 rings (SSSR count). The predicted octanol–water partition coefficient (Wildman–Crippen LogP) is 3.79. The van der Waals surface area contributed by atoms with E-state index >= 15 is 0 Å². The fraction of sp³-hybridized carbons (Fsp3) is 0.400. The van der Waals surface area contributed by atoms with Crippen LogP contribution in [0.4, 0.5) is 0 Å². The Morgan fingerprint density at radius 2 is 1.82 bits per heavy atom. The molecule has 0 saturated heterocycles. The number of hydrogen-bond donors (Lipinski definition) is 1. The van der Waals surface area contributed by atoms with E-state index in [1.54, 1.807) is 0 Å². The molecule has 2 nitrogen and oxygen atoms in total. The topological polar surface area (TPSA) is 29.3 Å². The van der Waals surface area contributed by atoms with Gasteiger partial charge in [0, 0.05) is 31.1 Å². The van der Waals surface area contributed by atoms with E-state index in [1.807, 2.05) is 0 Å². The summed E-state index contributed by atoms with van der Waals surface area (Å²) in [6.07, 6.45) is 0. The number of fused-ring (bicyclic) bond motifs is 1. The van der Waals surface area contributed by atoms with Gasteiger partial charge in [-0.05, 0) is 29.2 Å². The molecule has 1 aliphatic rings. The number of rotatable bonds is 4. The van der Waals surface area contributed by atoms with Gasteiger partial charge in [-0.2, -0.15) is 0 Å². The molecule has 0 saturated carbocycles. The second-order valence-electron chi connectivity index (χ2n) is 7.05. The molecule has 116 valence electrons. The van der Waals surface area contributed by atoms with Gasteiger partial charge >= 0.3 is 0 Å². The normalized spacial score (nSPS) is 18.5. The first-order valence-electron chi connectivity index (χ1n) is 8.11. The van der Waals surface area contributed by atoms with E-state index in [0.717, 1.165) is 13.1 Å². The summed E-state index contributed by atoms with van der Waals surface area (Å²) in [5.74, 6) is 0. The number of nitrogens with two attached hydrogens (primary N) is 1. The summed E-state index contributed by atoms with van der Waals surface area (Å²) in [4.78, 5) is 2.55. The van der Waals surface area contributed by atoms with Gasteiger partial charge in [0.25, 0.3) is 0 Å². The number of benzene rings is 2. The van der Waals surface area contributed by atoms with Crippen LogP contribution in [0.1, 0.15) is 42.1 Å². The van der Waals surface area contributed by atoms with Crippen molar-refractivity contribution in [1.29, 1.82) is 0 Å². The third-order valence-electron chi connectivity index (χ3n) is 4.98. The molecule has 1 aliphatic heterocycles. The van der Waals surface area contributed by atoms with Gasteiger partial charge < -0.3 is 5.73 Å². The van der Waals surface area contributed by atoms with Gasteiger partial charge in [-0.1, -0.05) is 62.4 Å². The van der Waals surface area contributed by atoms with Crippen molar-refractivity contribution in [2.45, 2.75) is 38.8 Å². The lowest BCUT2D eigenvalue weighted by atomic mass is 9.84. The lowest BCUT2D eigenvalue weighted by Crippen LogP contribution is -2.38. The lowest BCUT2D eigenvalue weighted by Gasteiger charge is -2.34. The minimum atomic E-state index is 0.116. The van der Waals surface area contributed by atoms with Gasteiger partial charge in [0.15, 0.2) is 0 Å². The minimum absolute atomic E-state index is 0.116. The molecule has 0 radical (unpaired) electrons. The quantitative estimate of drug-likeness (QED) is 0.929. The van der Waals surface area contributed by atoms with Gasteiger partial charge in [0.05, 0.1) is 0 Å². The van der Waals surface area contributed by atoms with Crippen molar-refractivity contribution in [3.63, 3.8) is 0 Å². The van der Waals surface area contributed by atoms with Crippen molar-refractivity contribution in [2.24, 2.45) is 5.73 Å². The van der Waals surface area contributed by atoms with Crippen LogP contribution in [0.25, 0.3) is 0 Å². The fourth-order valence-corrected chi connectivity index (χ4v) is 3.69. The molecule has 1 atom stereocenters. The Bertz CT molecular complexity index is 646. The van der Waals surface area contributed by atoms with Crippen molar-refractivity contribution < 1.29 is 0 Å². The molecular weight excluding hydrogens is 268 g/mol. The SMILES string of the molecule is Cc1cccc2c1CN(CC(C)(C)c1ccccc1)C2CN. The molecule has 1 heterocycles. The average molecular weight is 294 g/mol. The minimum Gasteiger partial charge on any atom is -0.329 e. The van der Waals surface area contributed by atoms with Gasteiger partial charge in [-0.3, -0.25) is 4.90 Å². The summed E-state index contributed by atoms with van der Waals surface area (Å²) < 4.78 is 0. The van der Waals surface area contributed by atoms with Gasteiger partial charge in [-0.25, -0.2) is 0 Å². The number of aryl methyl sites for hydroxylation is 1. The third-order valence-corrected chi connectivity index (χ3v) is 4.98. The largest absolute Gasteiger partial charge is 0.329 e. The molecule has 0 aliphatic carbocycles. The number of nitrogens with zero attached hydrogens (tertiary/aromatic N) is 1. The van der Waals surface area contributed by atoms with Crippen molar-refractivity contribution in [3.05, 3.63) is 70.8 Å². The zero-order valence-corrected chi connectivity index (χ0v) is 13.8. The maximum absolute atomic E-state index is 6.10. The van der Waals surface area contributed by atoms with Crippen LogP contribution >= 0.6 is 0 Å². The summed E-state index contributed by atoms with van der Waals surface area (Å²) in [6.45, 7) is 9.57. The third kappa shape index (κ3) is 2.69. The Kier molecular flexibility index (Phi) is 4.07. The van der Waals surface area contributed by atoms with Crippen molar-refractivity contribution in [1.82, 2.24) is 4.90 Å². The standard InChI is InChI=1S/C20H26N2/c1-15-8-7-11-17-18(15)13-22(19(17)12-21)14-20(2,3)16-9-5-4-6-10-16/h4-11,19H,12-14,21H2,1-3H3. The first kappa shape index (κ1) is 15.3. The van der Waals surface area contributed by atoms with E-state index in [0.29, 0.717) is 12.6 Å². The molecule has 1 unspecified atom stereocenters. The monoisotopic (exact) mass is 294 g/mol. The van der Waals surface area contributed by atoms with Crippen LogP contribution in [0.5, 0.6) is 0 Å². The van der Waals surface area contributed by atoms with Crippen LogP contribution < -0.4 is 5.73 Å². The Labute approximate surface area is 134 Å². The summed E-state index contributed by atoms with van der Waals surface area (Å²) in [7, 11) is 0. The van der Waals surface area contributed by atoms with E-state index in [2.05, 4.69) is 74.2 Å². The second kappa shape index (κ2) is 5.86. The maximum atomic E-state index is 6.10. The van der Waals surface area contributed by atoms with E-state index in [9.17, 15) is 0 Å². The molecule has 2 N–H and O–H groups in total. The highest BCUT2D eigenvalue weighted by Gasteiger charge is 2.34. The van der Waals surface area contributed by atoms with Crippen LogP contribution in [0.15, 0.2) is 48.5 Å². The summed E-state index contributed by atoms with van der Waals surface area (Å²) in [5, 5.41) is 0. The molecule has 2 aromatic carbocycles. The molecule has 2 aromatic rings. The first-order chi connectivity index (χ1) is 10.5. The van der Waals surface area contributed by atoms with E-state index < -0.39 is 0 Å². The van der Waals surface area contributed by atoms with Crippen molar-refractivity contribution >= 4 is 0 Å². The van der Waals surface area contributed by atoms with Crippen LogP contribution in [0, 0.1) is 6.92 Å². The van der Waals surface area contributed by atoms with Crippen molar-refractivity contribution in [2.75, 3.05) is 13.1 Å². The Morgan fingerprint density at radius 3 is 2.50 bits per heavy atom. The second-order valence-corrected chi connectivity index (χ2v) is 7.05. The van der Waals surface area contributed by atoms with Crippen LogP contribution in [-0.4, -0.2) is 18.0 Å². The molecule has 0 spiro atoms. The van der Waals surface area contributed by atoms with Crippen LogP contribution in [-0.2, 0) is 12.0 Å². The summed E-state index contributed by atoms with van der Waals surface area (Å²) in [5.41, 5.74) is 11.9. The molecule has 0 aromatic heterocycles. The van der Waals surface area contributed by atoms with Crippen LogP contribution in [0.2, 0.25) is 0 Å². The van der Waals surface area contributed by atoms with E-state index in [-0.39, 0.29) is 5.41 Å². The predicted molar refractivity (Wildman–Crippen MR) is 92.9 cm³/mol. The molecule has 0 bridgehead atoms. The van der Waals surface area contributed by atoms with E-state index in [1.165, 1.54) is 22.3 Å². The van der Waals surface area contributed by atoms with Gasteiger partial charge in [0.2, 0.25) is 0 Å². The molecule has 22 heavy (non-hydrogen) atoms. The fourth-order valence-electron chi connectivity index (χ4n) is 3.69. The molecule has 0 amide bonds. The Balaban J connectivity index is 1.86. The average Bonchev–Trinajstić information content (AvgIpc) is 2.86. The van der Waals surface area contributed by atoms with Crippen molar-refractivity contribution in [3.8, 4) is 0 Å². The maximum Gasteiger partial charge on any atom is 0.0477 e. The van der Waals surface area contributed by atoms with Gasteiger partial charge in [0.1, 0.15) is 0 Å². The van der Waals surface area contributed by atoms with Gasteiger partial charge in [-0.15, -0.1) is 0 Å². The smallest absolute Gasteiger partial charge is 0.0477 e. The molecule has 2 heteroatoms. The van der Waals surface area contributed by atoms with E-state index in [4.69, 9.17) is 5.73 Å². The molecule has 0 fully saturated rings. The highest BCUT2D eigenvalue weighted by molar-refractivity contribution is 5.40. The lowest BCUT2D eigenvalue weighted by molar-refractivity contribution is 0.178. The zero-order chi connectivity index (χ0) is 15.7. The first-order valence-corrected chi connectivity index (χ1v) is 8.11. The Morgan fingerprint density at radius 1 is 1.09 bits per heavy atom. The Hall–Kier alpha value is -1.64. The van der Waals surface area contributed by atoms with Crippen LogP contribution in [0.3, 0.4) is 0 Å². The molecular formula is C20H26N2. The highest BCUT2D eigenvalue weighted by atomic mass is 15.2.